The van der Waals surface area contributed by atoms with Crippen molar-refractivity contribution in [3.63, 3.8) is 0 Å². The molecule has 4 aromatic rings. The number of aliphatic hydroxyl groups is 1. The molecular weight excluding hydrogens is 362 g/mol. The molecule has 2 heterocycles. The van der Waals surface area contributed by atoms with E-state index in [0.717, 1.165) is 44.5 Å². The van der Waals surface area contributed by atoms with Crippen molar-refractivity contribution in [2.75, 3.05) is 0 Å². The second-order valence-electron chi connectivity index (χ2n) is 7.55. The second-order valence-corrected chi connectivity index (χ2v) is 7.55. The number of fused-ring (bicyclic) bond motifs is 1. The predicted octanol–water partition coefficient (Wildman–Crippen LogP) is 4.47. The number of rotatable bonds is 5. The van der Waals surface area contributed by atoms with Gasteiger partial charge in [0.15, 0.2) is 11.4 Å². The number of nitrogens with one attached hydrogen (secondary N) is 1. The van der Waals surface area contributed by atoms with Gasteiger partial charge < -0.3 is 5.11 Å². The summed E-state index contributed by atoms with van der Waals surface area (Å²) in [6, 6.07) is 15.8. The van der Waals surface area contributed by atoms with Gasteiger partial charge in [0.2, 0.25) is 0 Å². The number of hydrogen-bond acceptors (Lipinski definition) is 4. The van der Waals surface area contributed by atoms with E-state index in [9.17, 15) is 9.90 Å². The average molecular weight is 385 g/mol. The molecule has 0 spiro atoms. The van der Waals surface area contributed by atoms with Gasteiger partial charge in [-0.25, -0.2) is 4.98 Å². The van der Waals surface area contributed by atoms with E-state index < -0.39 is 0 Å². The van der Waals surface area contributed by atoms with Gasteiger partial charge in [0.05, 0.1) is 18.0 Å². The summed E-state index contributed by atoms with van der Waals surface area (Å²) in [6.45, 7) is 5.94. The number of aromatic amines is 1. The van der Waals surface area contributed by atoms with Crippen LogP contribution in [0.1, 0.15) is 38.3 Å². The molecule has 5 nitrogen and oxygen atoms in total. The van der Waals surface area contributed by atoms with Crippen molar-refractivity contribution in [2.24, 2.45) is 0 Å². The van der Waals surface area contributed by atoms with Gasteiger partial charge in [-0.2, -0.15) is 5.10 Å². The van der Waals surface area contributed by atoms with Gasteiger partial charge in [-0.15, -0.1) is 0 Å². The number of aryl methyl sites for hydroxylation is 3. The van der Waals surface area contributed by atoms with Crippen LogP contribution in [0.25, 0.3) is 22.3 Å². The molecule has 4 rings (SSSR count). The number of pyridine rings is 1. The minimum atomic E-state index is -0.105. The van der Waals surface area contributed by atoms with E-state index in [1.165, 1.54) is 0 Å². The molecule has 2 aromatic heterocycles. The number of carbonyl (C=O) groups excluding carboxylic acids is 1. The topological polar surface area (TPSA) is 78.9 Å². The van der Waals surface area contributed by atoms with Crippen LogP contribution >= 0.6 is 0 Å². The lowest BCUT2D eigenvalue weighted by Crippen LogP contribution is -2.05. The molecule has 0 saturated heterocycles. The summed E-state index contributed by atoms with van der Waals surface area (Å²) in [4.78, 5) is 17.4. The first-order valence-electron chi connectivity index (χ1n) is 9.61. The number of carbonyl (C=O) groups is 1. The highest BCUT2D eigenvalue weighted by Gasteiger charge is 2.13. The highest BCUT2D eigenvalue weighted by Crippen LogP contribution is 2.26. The minimum Gasteiger partial charge on any atom is -0.390 e. The third-order valence-corrected chi connectivity index (χ3v) is 5.14. The fraction of sp³-hybridized carbons (Fsp3) is 0.208. The zero-order valence-electron chi connectivity index (χ0n) is 16.8. The Kier molecular flexibility index (Phi) is 4.99. The number of Topliss-reactive ketones (excluding diaryl/α,β-unsaturated/α-hetero) is 1. The summed E-state index contributed by atoms with van der Waals surface area (Å²) >= 11 is 0. The number of nitrogens with zero attached hydrogens (tertiary/aromatic N) is 2. The van der Waals surface area contributed by atoms with Gasteiger partial charge in [-0.1, -0.05) is 29.3 Å². The fourth-order valence-electron chi connectivity index (χ4n) is 3.70. The van der Waals surface area contributed by atoms with Crippen LogP contribution in [0, 0.1) is 20.8 Å². The molecule has 0 aliphatic heterocycles. The summed E-state index contributed by atoms with van der Waals surface area (Å²) in [5.41, 5.74) is 7.97. The standard InChI is InChI=1S/C24H23N3O2/c1-14-8-15(2)10-18(9-14)23(29)12-17-5-4-16(3)20(11-17)21-7-6-19-22(13-28)26-27-24(19)25-21/h4-11,28H,12-13H2,1-3H3,(H,25,26,27). The zero-order chi connectivity index (χ0) is 20.5. The molecule has 2 N–H and O–H groups in total. The predicted molar refractivity (Wildman–Crippen MR) is 114 cm³/mol. The van der Waals surface area contributed by atoms with Crippen LogP contribution in [0.4, 0.5) is 0 Å². The first-order valence-corrected chi connectivity index (χ1v) is 9.61. The molecule has 0 radical (unpaired) electrons. The molecule has 0 amide bonds. The maximum absolute atomic E-state index is 12.8. The Morgan fingerprint density at radius 1 is 1.00 bits per heavy atom. The average Bonchev–Trinajstić information content (AvgIpc) is 3.11. The first kappa shape index (κ1) is 19.0. The molecule has 0 aliphatic carbocycles. The Labute approximate surface area is 169 Å². The molecule has 0 atom stereocenters. The normalized spacial score (nSPS) is 11.2. The molecule has 29 heavy (non-hydrogen) atoms. The molecule has 0 bridgehead atoms. The van der Waals surface area contributed by atoms with Gasteiger partial charge in [0.1, 0.15) is 0 Å². The van der Waals surface area contributed by atoms with Crippen molar-refractivity contribution in [2.45, 2.75) is 33.8 Å². The minimum absolute atomic E-state index is 0.105. The Morgan fingerprint density at radius 3 is 2.48 bits per heavy atom. The van der Waals surface area contributed by atoms with Gasteiger partial charge in [0.25, 0.3) is 0 Å². The SMILES string of the molecule is Cc1cc(C)cc(C(=O)Cc2ccc(C)c(-c3ccc4c(CO)[nH]nc4n3)c2)c1. The zero-order valence-corrected chi connectivity index (χ0v) is 16.8. The number of aliphatic hydroxyl groups excluding tert-OH is 1. The van der Waals surface area contributed by atoms with Crippen molar-refractivity contribution < 1.29 is 9.90 Å². The number of hydrogen-bond donors (Lipinski definition) is 2. The molecule has 0 unspecified atom stereocenters. The van der Waals surface area contributed by atoms with Crippen molar-refractivity contribution in [1.29, 1.82) is 0 Å². The van der Waals surface area contributed by atoms with E-state index >= 15 is 0 Å². The molecule has 0 aliphatic rings. The Balaban J connectivity index is 1.66. The first-order chi connectivity index (χ1) is 13.9. The number of H-pyrrole nitrogens is 1. The quantitative estimate of drug-likeness (QED) is 0.497. The Morgan fingerprint density at radius 2 is 1.76 bits per heavy atom. The number of ketones is 1. The molecule has 146 valence electrons. The van der Waals surface area contributed by atoms with Crippen molar-refractivity contribution in [1.82, 2.24) is 15.2 Å². The van der Waals surface area contributed by atoms with Crippen LogP contribution in [-0.2, 0) is 13.0 Å². The number of aromatic nitrogens is 3. The second kappa shape index (κ2) is 7.60. The van der Waals surface area contributed by atoms with Gasteiger partial charge >= 0.3 is 0 Å². The van der Waals surface area contributed by atoms with E-state index in [1.54, 1.807) is 0 Å². The van der Waals surface area contributed by atoms with Crippen molar-refractivity contribution in [3.8, 4) is 11.3 Å². The van der Waals surface area contributed by atoms with E-state index in [-0.39, 0.29) is 12.4 Å². The van der Waals surface area contributed by atoms with Gasteiger partial charge in [-0.05, 0) is 62.2 Å². The lowest BCUT2D eigenvalue weighted by atomic mass is 9.96. The summed E-state index contributed by atoms with van der Waals surface area (Å²) in [6.07, 6.45) is 0.343. The monoisotopic (exact) mass is 385 g/mol. The summed E-state index contributed by atoms with van der Waals surface area (Å²) in [7, 11) is 0. The van der Waals surface area contributed by atoms with Crippen LogP contribution in [0.2, 0.25) is 0 Å². The van der Waals surface area contributed by atoms with Crippen LogP contribution in [0.15, 0.2) is 48.5 Å². The van der Waals surface area contributed by atoms with Crippen molar-refractivity contribution in [3.05, 3.63) is 82.0 Å². The van der Waals surface area contributed by atoms with E-state index in [1.807, 2.05) is 63.2 Å². The Bertz CT molecular complexity index is 1200. The molecule has 5 heteroatoms. The molecule has 0 fully saturated rings. The van der Waals surface area contributed by atoms with Crippen molar-refractivity contribution >= 4 is 16.8 Å². The van der Waals surface area contributed by atoms with Crippen LogP contribution in [0.3, 0.4) is 0 Å². The van der Waals surface area contributed by atoms with Crippen LogP contribution < -0.4 is 0 Å². The summed E-state index contributed by atoms with van der Waals surface area (Å²) < 4.78 is 0. The van der Waals surface area contributed by atoms with E-state index in [0.29, 0.717) is 17.8 Å². The van der Waals surface area contributed by atoms with Gasteiger partial charge in [0, 0.05) is 22.9 Å². The lowest BCUT2D eigenvalue weighted by molar-refractivity contribution is 0.0993. The van der Waals surface area contributed by atoms with E-state index in [4.69, 9.17) is 0 Å². The van der Waals surface area contributed by atoms with Crippen LogP contribution in [0.5, 0.6) is 0 Å². The van der Waals surface area contributed by atoms with Gasteiger partial charge in [-0.3, -0.25) is 9.89 Å². The maximum atomic E-state index is 12.8. The smallest absolute Gasteiger partial charge is 0.181 e. The largest absolute Gasteiger partial charge is 0.390 e. The molecular formula is C24H23N3O2. The summed E-state index contributed by atoms with van der Waals surface area (Å²) in [5.74, 6) is 0.106. The molecule has 2 aromatic carbocycles. The summed E-state index contributed by atoms with van der Waals surface area (Å²) in [5, 5.41) is 17.2. The molecule has 0 saturated carbocycles. The van der Waals surface area contributed by atoms with E-state index in [2.05, 4.69) is 21.2 Å². The highest BCUT2D eigenvalue weighted by molar-refractivity contribution is 5.98. The number of benzene rings is 2. The maximum Gasteiger partial charge on any atom is 0.181 e. The van der Waals surface area contributed by atoms with Crippen LogP contribution in [-0.4, -0.2) is 26.1 Å². The third-order valence-electron chi connectivity index (χ3n) is 5.14. The Hall–Kier alpha value is -3.31. The third kappa shape index (κ3) is 3.82. The lowest BCUT2D eigenvalue weighted by Gasteiger charge is -2.09. The fourth-order valence-corrected chi connectivity index (χ4v) is 3.70. The highest BCUT2D eigenvalue weighted by atomic mass is 16.3.